The minimum absolute atomic E-state index is 0.0827. The summed E-state index contributed by atoms with van der Waals surface area (Å²) in [6.07, 6.45) is -13.6. The highest BCUT2D eigenvalue weighted by Gasteiger charge is 2.51. The average molecular weight is 843 g/mol. The Bertz CT molecular complexity index is 1020. The summed E-state index contributed by atoms with van der Waals surface area (Å²) in [5.41, 5.74) is -0.508. The summed E-state index contributed by atoms with van der Waals surface area (Å²) < 4.78 is 161. The van der Waals surface area contributed by atoms with E-state index >= 15 is 0 Å². The summed E-state index contributed by atoms with van der Waals surface area (Å²) in [5, 5.41) is 20.9. The smallest absolute Gasteiger partial charge is 0.396 e. The monoisotopic (exact) mass is 842 g/mol. The van der Waals surface area contributed by atoms with Crippen LogP contribution in [0.1, 0.15) is 92.4 Å². The average Bonchev–Trinajstić information content (AvgIpc) is 3.03. The summed E-state index contributed by atoms with van der Waals surface area (Å²) in [5.74, 6) is -10.8. The van der Waals surface area contributed by atoms with E-state index in [0.717, 1.165) is 0 Å². The Hall–Kier alpha value is -0.949. The number of aliphatic hydroxyl groups is 2. The molecule has 0 saturated carbocycles. The standard InChI is InChI=1S/C32H60F10N2O6Si3/c1-9-20-51(8,49-52(23-45,47-6)21-12-18-43-27(10-2)25(31(37,38)39)14-16-29(4,33)34)50-53(24-46,48-7)22-13-19-44-28(11-3)26(32(40,41)42)15-17-30(5,35)36/h25-26,45-46H,9-24H2,1-8H3. The van der Waals surface area contributed by atoms with Crippen LogP contribution < -0.4 is 0 Å². The van der Waals surface area contributed by atoms with Gasteiger partial charge in [0.05, 0.1) is 24.3 Å². The van der Waals surface area contributed by atoms with Crippen molar-refractivity contribution in [1.29, 1.82) is 0 Å². The number of alkyl halides is 10. The van der Waals surface area contributed by atoms with Gasteiger partial charge < -0.3 is 27.3 Å². The first-order valence-corrected chi connectivity index (χ1v) is 24.9. The van der Waals surface area contributed by atoms with Crippen LogP contribution in [0.25, 0.3) is 0 Å². The maximum Gasteiger partial charge on any atom is 0.396 e. The topological polar surface area (TPSA) is 102 Å². The third kappa shape index (κ3) is 19.7. The van der Waals surface area contributed by atoms with Gasteiger partial charge in [0.2, 0.25) is 11.8 Å². The van der Waals surface area contributed by atoms with Crippen LogP contribution in [0.3, 0.4) is 0 Å². The molecule has 316 valence electrons. The molecule has 2 N–H and O–H groups in total. The molecule has 0 radical (unpaired) electrons. The molecule has 4 atom stereocenters. The molecule has 0 spiro atoms. The number of hydrogen-bond acceptors (Lipinski definition) is 8. The normalized spacial score (nSPS) is 18.7. The molecule has 0 rings (SSSR count). The van der Waals surface area contributed by atoms with Crippen LogP contribution in [0.4, 0.5) is 43.9 Å². The van der Waals surface area contributed by atoms with Gasteiger partial charge >= 0.3 is 38.0 Å². The Morgan fingerprint density at radius 1 is 0.623 bits per heavy atom. The van der Waals surface area contributed by atoms with E-state index in [1.54, 1.807) is 6.55 Å². The quantitative estimate of drug-likeness (QED) is 0.0353. The van der Waals surface area contributed by atoms with E-state index in [-0.39, 0.29) is 62.3 Å². The second-order valence-corrected chi connectivity index (χ2v) is 24.2. The molecule has 0 aromatic heterocycles. The zero-order valence-electron chi connectivity index (χ0n) is 32.2. The van der Waals surface area contributed by atoms with Crippen molar-refractivity contribution in [2.24, 2.45) is 21.8 Å². The van der Waals surface area contributed by atoms with Crippen molar-refractivity contribution in [1.82, 2.24) is 0 Å². The van der Waals surface area contributed by atoms with E-state index in [0.29, 0.717) is 26.3 Å². The molecule has 0 amide bonds. The molecule has 0 aromatic carbocycles. The molecule has 0 heterocycles. The molecule has 0 aromatic rings. The largest absolute Gasteiger partial charge is 0.414 e. The van der Waals surface area contributed by atoms with Gasteiger partial charge in [-0.1, -0.05) is 27.2 Å². The third-order valence-electron chi connectivity index (χ3n) is 8.86. The Labute approximate surface area is 310 Å². The first-order chi connectivity index (χ1) is 24.2. The van der Waals surface area contributed by atoms with E-state index < -0.39 is 99.9 Å². The van der Waals surface area contributed by atoms with Crippen molar-refractivity contribution in [3.8, 4) is 0 Å². The zero-order chi connectivity index (χ0) is 41.4. The van der Waals surface area contributed by atoms with Crippen LogP contribution >= 0.6 is 0 Å². The molecule has 0 saturated heterocycles. The van der Waals surface area contributed by atoms with Gasteiger partial charge in [0.1, 0.15) is 0 Å². The minimum Gasteiger partial charge on any atom is -0.414 e. The van der Waals surface area contributed by atoms with Gasteiger partial charge in [0.25, 0.3) is 0 Å². The zero-order valence-corrected chi connectivity index (χ0v) is 35.2. The number of aliphatic hydroxyl groups excluding tert-OH is 2. The fourth-order valence-corrected chi connectivity index (χ4v) is 19.0. The molecule has 21 heteroatoms. The number of rotatable bonds is 28. The van der Waals surface area contributed by atoms with Gasteiger partial charge in [-0.05, 0) is 77.1 Å². The van der Waals surface area contributed by atoms with Crippen LogP contribution in [-0.4, -0.2) is 111 Å². The lowest BCUT2D eigenvalue weighted by molar-refractivity contribution is -0.161. The summed E-state index contributed by atoms with van der Waals surface area (Å²) in [6, 6.07) is 0.517. The first-order valence-electron chi connectivity index (χ1n) is 17.9. The van der Waals surface area contributed by atoms with Crippen molar-refractivity contribution in [2.75, 3.05) is 39.8 Å². The Kier molecular flexibility index (Phi) is 22.3. The van der Waals surface area contributed by atoms with Gasteiger partial charge in [0, 0.05) is 51.6 Å². The van der Waals surface area contributed by atoms with Crippen LogP contribution in [0.15, 0.2) is 9.98 Å². The second-order valence-electron chi connectivity index (χ2n) is 13.7. The number of halogens is 10. The molecule has 0 aliphatic heterocycles. The predicted molar refractivity (Wildman–Crippen MR) is 191 cm³/mol. The lowest BCUT2D eigenvalue weighted by Crippen LogP contribution is -2.61. The summed E-state index contributed by atoms with van der Waals surface area (Å²) >= 11 is 0. The van der Waals surface area contributed by atoms with E-state index in [9.17, 15) is 54.1 Å². The molecule has 0 fully saturated rings. The van der Waals surface area contributed by atoms with Gasteiger partial charge in [-0.2, -0.15) is 26.3 Å². The van der Waals surface area contributed by atoms with Crippen molar-refractivity contribution in [3.63, 3.8) is 0 Å². The Balaban J connectivity index is 6.03. The summed E-state index contributed by atoms with van der Waals surface area (Å²) in [7, 11) is -7.81. The van der Waals surface area contributed by atoms with Crippen LogP contribution in [-0.2, 0) is 17.1 Å². The Morgan fingerprint density at radius 2 is 0.962 bits per heavy atom. The van der Waals surface area contributed by atoms with Crippen molar-refractivity contribution in [3.05, 3.63) is 0 Å². The van der Waals surface area contributed by atoms with E-state index in [2.05, 4.69) is 9.98 Å². The molecule has 8 nitrogen and oxygen atoms in total. The molecule has 0 aliphatic rings. The van der Waals surface area contributed by atoms with Gasteiger partial charge in [-0.3, -0.25) is 9.98 Å². The molecule has 0 aliphatic carbocycles. The molecular weight excluding hydrogens is 783 g/mol. The minimum atomic E-state index is -4.76. The fourth-order valence-electron chi connectivity index (χ4n) is 6.02. The highest BCUT2D eigenvalue weighted by molar-refractivity contribution is 6.86. The summed E-state index contributed by atoms with van der Waals surface area (Å²) in [4.78, 5) is 8.23. The Morgan fingerprint density at radius 3 is 1.19 bits per heavy atom. The molecule has 4 unspecified atom stereocenters. The highest BCUT2D eigenvalue weighted by Crippen LogP contribution is 2.37. The van der Waals surface area contributed by atoms with Crippen molar-refractivity contribution >= 4 is 37.1 Å². The van der Waals surface area contributed by atoms with Crippen molar-refractivity contribution < 1.29 is 71.2 Å². The number of aliphatic imine (C=N–C) groups is 2. The SMILES string of the molecule is CCC[Si](C)(O[Si](CO)(CCCN=C(CC)C(CCC(C)(F)F)C(F)(F)F)OC)O[Si](CO)(CCCN=C(CC)C(CCC(C)(F)F)C(F)(F)F)OC. The van der Waals surface area contributed by atoms with Gasteiger partial charge in [0.15, 0.2) is 0 Å². The maximum atomic E-state index is 13.8. The highest BCUT2D eigenvalue weighted by atomic mass is 28.5. The second kappa shape index (κ2) is 22.7. The van der Waals surface area contributed by atoms with Gasteiger partial charge in [-0.15, -0.1) is 0 Å². The maximum absolute atomic E-state index is 13.8. The van der Waals surface area contributed by atoms with Crippen molar-refractivity contribution in [2.45, 2.75) is 141 Å². The first kappa shape index (κ1) is 52.1. The predicted octanol–water partition coefficient (Wildman–Crippen LogP) is 9.45. The number of nitrogens with zero attached hydrogens (tertiary/aromatic N) is 2. The van der Waals surface area contributed by atoms with Crippen LogP contribution in [0, 0.1) is 11.8 Å². The lowest BCUT2D eigenvalue weighted by atomic mass is 9.93. The van der Waals surface area contributed by atoms with Gasteiger partial charge in [-0.25, -0.2) is 17.6 Å². The summed E-state index contributed by atoms with van der Waals surface area (Å²) in [6.45, 7) is 7.36. The van der Waals surface area contributed by atoms with Crippen LogP contribution in [0.5, 0.6) is 0 Å². The van der Waals surface area contributed by atoms with E-state index in [4.69, 9.17) is 17.1 Å². The molecule has 0 bridgehead atoms. The van der Waals surface area contributed by atoms with E-state index in [1.165, 1.54) is 28.1 Å². The molecular formula is C32H60F10N2O6Si3. The molecule has 53 heavy (non-hydrogen) atoms. The fraction of sp³-hybridized carbons (Fsp3) is 0.938. The third-order valence-corrected chi connectivity index (χ3v) is 21.4. The van der Waals surface area contributed by atoms with E-state index in [1.807, 2.05) is 6.92 Å². The number of hydrogen-bond donors (Lipinski definition) is 2. The lowest BCUT2D eigenvalue weighted by Gasteiger charge is -2.42. The van der Waals surface area contributed by atoms with Crippen LogP contribution in [0.2, 0.25) is 24.7 Å².